The van der Waals surface area contributed by atoms with Crippen molar-refractivity contribution in [2.45, 2.75) is 115 Å². The molecule has 3 atom stereocenters. The normalized spacial score (nSPS) is 21.1. The van der Waals surface area contributed by atoms with E-state index in [0.29, 0.717) is 23.0 Å². The molecular formula is C28H45NOS. The summed E-state index contributed by atoms with van der Waals surface area (Å²) in [6.45, 7) is 13.3. The summed E-state index contributed by atoms with van der Waals surface area (Å²) >= 11 is 1.91. The second-order valence-corrected chi connectivity index (χ2v) is 11.1. The first-order valence-corrected chi connectivity index (χ1v) is 13.6. The minimum atomic E-state index is 0.00807. The molecule has 3 heteroatoms. The van der Waals surface area contributed by atoms with Crippen molar-refractivity contribution in [2.24, 2.45) is 5.92 Å². The van der Waals surface area contributed by atoms with Gasteiger partial charge in [-0.15, -0.1) is 11.8 Å². The van der Waals surface area contributed by atoms with E-state index in [2.05, 4.69) is 77.2 Å². The highest BCUT2D eigenvalue weighted by molar-refractivity contribution is 8.01. The van der Waals surface area contributed by atoms with Crippen LogP contribution in [0.25, 0.3) is 0 Å². The van der Waals surface area contributed by atoms with Crippen molar-refractivity contribution in [1.82, 2.24) is 0 Å². The summed E-state index contributed by atoms with van der Waals surface area (Å²) in [5.74, 6) is 1.31. The Morgan fingerprint density at radius 2 is 1.48 bits per heavy atom. The number of carbonyl (C=O) groups excluding carboxylic acids is 1. The molecule has 0 aliphatic carbocycles. The zero-order chi connectivity index (χ0) is 22.8. The summed E-state index contributed by atoms with van der Waals surface area (Å²) in [5.41, 5.74) is 3.55. The molecule has 0 spiro atoms. The second kappa shape index (κ2) is 13.4. The molecular weight excluding hydrogens is 398 g/mol. The molecule has 1 N–H and O–H groups in total. The van der Waals surface area contributed by atoms with Crippen LogP contribution in [-0.4, -0.2) is 16.4 Å². The Hall–Kier alpha value is -1.22. The van der Waals surface area contributed by atoms with Crippen LogP contribution in [0.5, 0.6) is 0 Å². The van der Waals surface area contributed by atoms with E-state index in [1.165, 1.54) is 56.1 Å². The molecule has 3 unspecified atom stereocenters. The Morgan fingerprint density at radius 1 is 0.903 bits per heavy atom. The zero-order valence-electron chi connectivity index (χ0n) is 20.7. The third-order valence-electron chi connectivity index (χ3n) is 6.40. The van der Waals surface area contributed by atoms with Crippen molar-refractivity contribution in [3.63, 3.8) is 0 Å². The minimum Gasteiger partial charge on any atom is -0.325 e. The summed E-state index contributed by atoms with van der Waals surface area (Å²) in [7, 11) is 0. The molecule has 0 saturated carbocycles. The molecule has 0 radical (unpaired) electrons. The standard InChI is InChI=1S/C28H45NOS/c1-7-9-11-14-22-18-19-23(15-12-10-8-2)31-27(22)28(30)29-26-24(20(3)4)16-13-17-25(26)21(5)6/h13,16-23,27H,7-12,14-15H2,1-6H3,(H,29,30). The molecule has 174 valence electrons. The number of rotatable bonds is 12. The maximum atomic E-state index is 13.7. The van der Waals surface area contributed by atoms with Crippen LogP contribution in [0.3, 0.4) is 0 Å². The minimum absolute atomic E-state index is 0.00807. The van der Waals surface area contributed by atoms with E-state index >= 15 is 0 Å². The number of para-hydroxylation sites is 1. The van der Waals surface area contributed by atoms with Crippen LogP contribution >= 0.6 is 11.8 Å². The molecule has 1 aliphatic heterocycles. The fourth-order valence-corrected chi connectivity index (χ4v) is 5.96. The van der Waals surface area contributed by atoms with Crippen molar-refractivity contribution in [2.75, 3.05) is 5.32 Å². The SMILES string of the molecule is CCCCCC1C=CC(CCCCC)C(C(=O)Nc2c(C(C)C)cccc2C(C)C)S1. The van der Waals surface area contributed by atoms with Crippen LogP contribution in [0.15, 0.2) is 30.4 Å². The zero-order valence-corrected chi connectivity index (χ0v) is 21.6. The van der Waals surface area contributed by atoms with Gasteiger partial charge in [-0.05, 0) is 41.7 Å². The molecule has 0 saturated heterocycles. The number of carbonyl (C=O) groups is 1. The number of hydrogen-bond acceptors (Lipinski definition) is 2. The quantitative estimate of drug-likeness (QED) is 0.258. The van der Waals surface area contributed by atoms with Crippen LogP contribution < -0.4 is 5.32 Å². The van der Waals surface area contributed by atoms with Crippen LogP contribution in [0.1, 0.15) is 116 Å². The molecule has 1 amide bonds. The van der Waals surface area contributed by atoms with E-state index in [1.54, 1.807) is 0 Å². The van der Waals surface area contributed by atoms with Gasteiger partial charge in [-0.2, -0.15) is 0 Å². The highest BCUT2D eigenvalue weighted by Gasteiger charge is 2.33. The van der Waals surface area contributed by atoms with Crippen molar-refractivity contribution in [3.8, 4) is 0 Å². The van der Waals surface area contributed by atoms with Crippen LogP contribution in [0.4, 0.5) is 5.69 Å². The van der Waals surface area contributed by atoms with E-state index in [-0.39, 0.29) is 11.2 Å². The first-order valence-electron chi connectivity index (χ1n) is 12.7. The summed E-state index contributed by atoms with van der Waals surface area (Å²) in [5, 5.41) is 3.90. The Kier molecular flexibility index (Phi) is 11.2. The topological polar surface area (TPSA) is 29.1 Å². The molecule has 1 aromatic rings. The summed E-state index contributed by atoms with van der Waals surface area (Å²) in [6.07, 6.45) is 14.5. The van der Waals surface area contributed by atoms with Crippen LogP contribution in [0.2, 0.25) is 0 Å². The van der Waals surface area contributed by atoms with Crippen LogP contribution in [0, 0.1) is 5.92 Å². The maximum absolute atomic E-state index is 13.7. The largest absolute Gasteiger partial charge is 0.325 e. The highest BCUT2D eigenvalue weighted by atomic mass is 32.2. The Morgan fingerprint density at radius 3 is 2.03 bits per heavy atom. The molecule has 1 aromatic carbocycles. The first kappa shape index (κ1) is 26.0. The number of amides is 1. The number of benzene rings is 1. The van der Waals surface area contributed by atoms with Gasteiger partial charge in [0.05, 0.1) is 5.25 Å². The van der Waals surface area contributed by atoms with Gasteiger partial charge in [0, 0.05) is 10.9 Å². The van der Waals surface area contributed by atoms with Crippen molar-refractivity contribution in [3.05, 3.63) is 41.5 Å². The third-order valence-corrected chi connectivity index (χ3v) is 8.00. The summed E-state index contributed by atoms with van der Waals surface area (Å²) in [6, 6.07) is 6.48. The van der Waals surface area contributed by atoms with E-state index in [9.17, 15) is 4.79 Å². The lowest BCUT2D eigenvalue weighted by Crippen LogP contribution is -2.35. The van der Waals surface area contributed by atoms with Gasteiger partial charge in [-0.3, -0.25) is 4.79 Å². The Balaban J connectivity index is 2.23. The number of thioether (sulfide) groups is 1. The van der Waals surface area contributed by atoms with Gasteiger partial charge in [0.15, 0.2) is 0 Å². The van der Waals surface area contributed by atoms with Gasteiger partial charge >= 0.3 is 0 Å². The van der Waals surface area contributed by atoms with Gasteiger partial charge in [0.2, 0.25) is 5.91 Å². The van der Waals surface area contributed by atoms with Gasteiger partial charge in [0.1, 0.15) is 0 Å². The molecule has 0 bridgehead atoms. The fourth-order valence-electron chi connectivity index (χ4n) is 4.49. The van der Waals surface area contributed by atoms with E-state index in [4.69, 9.17) is 0 Å². The van der Waals surface area contributed by atoms with E-state index in [1.807, 2.05) is 11.8 Å². The average molecular weight is 444 g/mol. The van der Waals surface area contributed by atoms with Crippen LogP contribution in [-0.2, 0) is 4.79 Å². The third kappa shape index (κ3) is 7.70. The lowest BCUT2D eigenvalue weighted by Gasteiger charge is -2.32. The van der Waals surface area contributed by atoms with E-state index in [0.717, 1.165) is 12.1 Å². The average Bonchev–Trinajstić information content (AvgIpc) is 2.74. The smallest absolute Gasteiger partial charge is 0.238 e. The molecule has 1 aliphatic rings. The number of anilines is 1. The van der Waals surface area contributed by atoms with Crippen molar-refractivity contribution >= 4 is 23.4 Å². The Labute approximate surface area is 196 Å². The van der Waals surface area contributed by atoms with Gasteiger partial charge in [-0.1, -0.05) is 110 Å². The molecule has 2 nitrogen and oxygen atoms in total. The van der Waals surface area contributed by atoms with Gasteiger partial charge in [-0.25, -0.2) is 0 Å². The summed E-state index contributed by atoms with van der Waals surface area (Å²) in [4.78, 5) is 13.7. The first-order chi connectivity index (χ1) is 14.9. The number of nitrogens with one attached hydrogen (secondary N) is 1. The number of hydrogen-bond donors (Lipinski definition) is 1. The molecule has 0 aromatic heterocycles. The number of unbranched alkanes of at least 4 members (excludes halogenated alkanes) is 4. The lowest BCUT2D eigenvalue weighted by atomic mass is 9.91. The predicted octanol–water partition coefficient (Wildman–Crippen LogP) is 8.69. The molecule has 1 heterocycles. The van der Waals surface area contributed by atoms with Crippen molar-refractivity contribution in [1.29, 1.82) is 0 Å². The fraction of sp³-hybridized carbons (Fsp3) is 0.679. The maximum Gasteiger partial charge on any atom is 0.238 e. The van der Waals surface area contributed by atoms with Crippen molar-refractivity contribution < 1.29 is 4.79 Å². The van der Waals surface area contributed by atoms with Gasteiger partial charge < -0.3 is 5.32 Å². The van der Waals surface area contributed by atoms with E-state index < -0.39 is 0 Å². The number of allylic oxidation sites excluding steroid dienone is 1. The monoisotopic (exact) mass is 443 g/mol. The second-order valence-electron chi connectivity index (χ2n) is 9.75. The predicted molar refractivity (Wildman–Crippen MR) is 139 cm³/mol. The Bertz CT molecular complexity index is 683. The molecule has 2 rings (SSSR count). The molecule has 0 fully saturated rings. The summed E-state index contributed by atoms with van der Waals surface area (Å²) < 4.78 is 0. The molecule has 31 heavy (non-hydrogen) atoms. The van der Waals surface area contributed by atoms with Gasteiger partial charge in [0.25, 0.3) is 0 Å². The highest BCUT2D eigenvalue weighted by Crippen LogP contribution is 2.38. The lowest BCUT2D eigenvalue weighted by molar-refractivity contribution is -0.116.